The van der Waals surface area contributed by atoms with Crippen LogP contribution in [0.1, 0.15) is 37.6 Å². The highest BCUT2D eigenvalue weighted by Gasteiger charge is 2.26. The van der Waals surface area contributed by atoms with Gasteiger partial charge >= 0.3 is 0 Å². The summed E-state index contributed by atoms with van der Waals surface area (Å²) >= 11 is 1.19. The first-order valence-corrected chi connectivity index (χ1v) is 7.71. The molecule has 8 heteroatoms. The number of para-hydroxylation sites is 1. The normalized spacial score (nSPS) is 12.7. The predicted octanol–water partition coefficient (Wildman–Crippen LogP) is 1.76. The summed E-state index contributed by atoms with van der Waals surface area (Å²) in [5.74, 6) is -2.05. The molecule has 1 amide bonds. The summed E-state index contributed by atoms with van der Waals surface area (Å²) < 4.78 is 0. The van der Waals surface area contributed by atoms with Crippen LogP contribution in [0.5, 0.6) is 0 Å². The lowest BCUT2D eigenvalue weighted by Gasteiger charge is -2.09. The highest BCUT2D eigenvalue weighted by atomic mass is 32.1. The Morgan fingerprint density at radius 3 is 2.65 bits per heavy atom. The molecule has 0 radical (unpaired) electrons. The van der Waals surface area contributed by atoms with Gasteiger partial charge in [-0.2, -0.15) is 0 Å². The van der Waals surface area contributed by atoms with E-state index in [2.05, 4.69) is 5.32 Å². The summed E-state index contributed by atoms with van der Waals surface area (Å²) in [6, 6.07) is 5.52. The molecule has 0 bridgehead atoms. The summed E-state index contributed by atoms with van der Waals surface area (Å²) in [6.45, 7) is 0. The fourth-order valence-electron chi connectivity index (χ4n) is 2.70. The summed E-state index contributed by atoms with van der Waals surface area (Å²) in [4.78, 5) is 35.0. The number of anilines is 1. The molecule has 0 aliphatic heterocycles. The van der Waals surface area contributed by atoms with Gasteiger partial charge in [-0.3, -0.25) is 14.9 Å². The van der Waals surface area contributed by atoms with Gasteiger partial charge in [-0.05, 0) is 30.9 Å². The van der Waals surface area contributed by atoms with Gasteiger partial charge < -0.3 is 15.2 Å². The van der Waals surface area contributed by atoms with Crippen molar-refractivity contribution < 1.29 is 19.6 Å². The van der Waals surface area contributed by atoms with Gasteiger partial charge in [0.05, 0.1) is 10.9 Å². The van der Waals surface area contributed by atoms with Gasteiger partial charge in [0.25, 0.3) is 11.6 Å². The van der Waals surface area contributed by atoms with E-state index in [1.807, 2.05) is 0 Å². The second-order valence-electron chi connectivity index (χ2n) is 5.08. The van der Waals surface area contributed by atoms with E-state index in [0.717, 1.165) is 17.7 Å². The molecule has 1 aliphatic rings. The van der Waals surface area contributed by atoms with E-state index in [9.17, 15) is 24.8 Å². The molecule has 1 aliphatic carbocycles. The molecule has 118 valence electrons. The number of thiophene rings is 1. The number of nitrogens with one attached hydrogen (secondary N) is 1. The number of rotatable bonds is 4. The maximum Gasteiger partial charge on any atom is 0.282 e. The number of nitro benzene ring substituents is 1. The third-order valence-corrected chi connectivity index (χ3v) is 4.91. The lowest BCUT2D eigenvalue weighted by Crippen LogP contribution is -2.25. The second-order valence-corrected chi connectivity index (χ2v) is 6.18. The zero-order chi connectivity index (χ0) is 16.6. The topological polar surface area (TPSA) is 112 Å². The molecule has 0 saturated heterocycles. The minimum absolute atomic E-state index is 0.00515. The molecule has 1 N–H and O–H groups in total. The van der Waals surface area contributed by atoms with Crippen LogP contribution in [-0.4, -0.2) is 16.8 Å². The molecular weight excluding hydrogens is 320 g/mol. The highest BCUT2D eigenvalue weighted by molar-refractivity contribution is 7.17. The zero-order valence-electron chi connectivity index (χ0n) is 11.8. The van der Waals surface area contributed by atoms with Gasteiger partial charge in [0.2, 0.25) is 0 Å². The van der Waals surface area contributed by atoms with Crippen LogP contribution < -0.4 is 10.4 Å². The van der Waals surface area contributed by atoms with Gasteiger partial charge in [-0.15, -0.1) is 11.3 Å². The molecule has 2 aromatic rings. The zero-order valence-corrected chi connectivity index (χ0v) is 12.6. The van der Waals surface area contributed by atoms with Crippen molar-refractivity contribution in [2.45, 2.75) is 19.3 Å². The smallest absolute Gasteiger partial charge is 0.282 e. The lowest BCUT2D eigenvalue weighted by molar-refractivity contribution is -0.385. The monoisotopic (exact) mass is 331 g/mol. The maximum absolute atomic E-state index is 12.3. The molecule has 0 saturated carbocycles. The Bertz CT molecular complexity index is 827. The van der Waals surface area contributed by atoms with E-state index < -0.39 is 16.8 Å². The molecule has 0 spiro atoms. The van der Waals surface area contributed by atoms with Crippen molar-refractivity contribution in [1.82, 2.24) is 0 Å². The maximum atomic E-state index is 12.3. The van der Waals surface area contributed by atoms with E-state index in [1.54, 1.807) is 0 Å². The SMILES string of the molecule is O=C(Nc1sc2c(c1C(=O)[O-])CCC2)c1ccccc1[N+](=O)[O-]. The molecule has 7 nitrogen and oxygen atoms in total. The molecule has 1 aromatic heterocycles. The largest absolute Gasteiger partial charge is 0.545 e. The quantitative estimate of drug-likeness (QED) is 0.677. The molecule has 1 heterocycles. The number of hydrogen-bond acceptors (Lipinski definition) is 6. The molecule has 0 fully saturated rings. The highest BCUT2D eigenvalue weighted by Crippen LogP contribution is 2.39. The summed E-state index contributed by atoms with van der Waals surface area (Å²) in [5, 5.41) is 25.0. The Kier molecular flexibility index (Phi) is 3.83. The van der Waals surface area contributed by atoms with E-state index in [1.165, 1.54) is 35.6 Å². The Balaban J connectivity index is 1.96. The number of hydrogen-bond donors (Lipinski definition) is 1. The number of carbonyl (C=O) groups excluding carboxylic acids is 2. The van der Waals surface area contributed by atoms with Crippen LogP contribution in [-0.2, 0) is 12.8 Å². The van der Waals surface area contributed by atoms with Crippen LogP contribution in [0.2, 0.25) is 0 Å². The van der Waals surface area contributed by atoms with Crippen molar-refractivity contribution in [3.05, 3.63) is 55.9 Å². The first-order valence-electron chi connectivity index (χ1n) is 6.89. The number of carbonyl (C=O) groups is 2. The second kappa shape index (κ2) is 5.81. The minimum Gasteiger partial charge on any atom is -0.545 e. The van der Waals surface area contributed by atoms with E-state index in [4.69, 9.17) is 0 Å². The minimum atomic E-state index is -1.35. The third-order valence-electron chi connectivity index (χ3n) is 3.70. The summed E-state index contributed by atoms with van der Waals surface area (Å²) in [6.07, 6.45) is 2.28. The molecular formula is C15H11N2O5S-. The van der Waals surface area contributed by atoms with Crippen LogP contribution in [0, 0.1) is 10.1 Å². The lowest BCUT2D eigenvalue weighted by atomic mass is 10.1. The third kappa shape index (κ3) is 2.68. The molecule has 23 heavy (non-hydrogen) atoms. The van der Waals surface area contributed by atoms with Crippen LogP contribution in [0.15, 0.2) is 24.3 Å². The number of amides is 1. The number of fused-ring (bicyclic) bond motifs is 1. The number of nitro groups is 1. The first kappa shape index (κ1) is 15.2. The van der Waals surface area contributed by atoms with Crippen molar-refractivity contribution in [3.63, 3.8) is 0 Å². The molecule has 3 rings (SSSR count). The standard InChI is InChI=1S/C15H12N2O5S/c18-13(8-4-1-2-6-10(8)17(21)22)16-14-12(15(19)20)9-5-3-7-11(9)23-14/h1-2,4,6H,3,5,7H2,(H,16,18)(H,19,20)/p-1. The average Bonchev–Trinajstić information content (AvgIpc) is 3.06. The van der Waals surface area contributed by atoms with E-state index >= 15 is 0 Å². The van der Waals surface area contributed by atoms with Crippen molar-refractivity contribution in [1.29, 1.82) is 0 Å². The van der Waals surface area contributed by atoms with Crippen molar-refractivity contribution in [3.8, 4) is 0 Å². The number of aryl methyl sites for hydroxylation is 1. The number of benzene rings is 1. The Labute approximate surface area is 134 Å². The summed E-state index contributed by atoms with van der Waals surface area (Å²) in [7, 11) is 0. The number of nitrogens with zero attached hydrogens (tertiary/aromatic N) is 1. The van der Waals surface area contributed by atoms with Gasteiger partial charge in [-0.1, -0.05) is 12.1 Å². The van der Waals surface area contributed by atoms with Crippen molar-refractivity contribution in [2.24, 2.45) is 0 Å². The fourth-order valence-corrected chi connectivity index (χ4v) is 3.98. The van der Waals surface area contributed by atoms with Gasteiger partial charge in [-0.25, -0.2) is 0 Å². The van der Waals surface area contributed by atoms with Gasteiger partial charge in [0.1, 0.15) is 10.6 Å². The van der Waals surface area contributed by atoms with Crippen molar-refractivity contribution in [2.75, 3.05) is 5.32 Å². The van der Waals surface area contributed by atoms with Gasteiger partial charge in [0, 0.05) is 16.5 Å². The Morgan fingerprint density at radius 2 is 1.96 bits per heavy atom. The molecule has 0 unspecified atom stereocenters. The average molecular weight is 331 g/mol. The van der Waals surface area contributed by atoms with Crippen molar-refractivity contribution >= 4 is 33.9 Å². The fraction of sp³-hybridized carbons (Fsp3) is 0.200. The van der Waals surface area contributed by atoms with E-state index in [-0.39, 0.29) is 21.8 Å². The van der Waals surface area contributed by atoms with Crippen LogP contribution >= 0.6 is 11.3 Å². The van der Waals surface area contributed by atoms with Gasteiger partial charge in [0.15, 0.2) is 0 Å². The molecule has 1 aromatic carbocycles. The van der Waals surface area contributed by atoms with Crippen LogP contribution in [0.4, 0.5) is 10.7 Å². The predicted molar refractivity (Wildman–Crippen MR) is 81.7 cm³/mol. The first-order chi connectivity index (χ1) is 11.0. The number of carboxylic acids is 1. The number of aromatic carboxylic acids is 1. The van der Waals surface area contributed by atoms with Crippen LogP contribution in [0.25, 0.3) is 0 Å². The summed E-state index contributed by atoms with van der Waals surface area (Å²) in [5.41, 5.74) is 0.252. The van der Waals surface area contributed by atoms with E-state index in [0.29, 0.717) is 12.0 Å². The molecule has 0 atom stereocenters. The van der Waals surface area contributed by atoms with Crippen LogP contribution in [0.3, 0.4) is 0 Å². The Hall–Kier alpha value is -2.74. The number of carboxylic acid groups (broad SMARTS) is 1. The Morgan fingerprint density at radius 1 is 1.22 bits per heavy atom.